The van der Waals surface area contributed by atoms with Gasteiger partial charge in [0.05, 0.1) is 17.9 Å². The third kappa shape index (κ3) is 31.7. The number of hydrogen-bond donors (Lipinski definition) is 4. The minimum absolute atomic E-state index is 0.303. The van der Waals surface area contributed by atoms with Crippen molar-refractivity contribution < 1.29 is 28.0 Å². The first-order valence-corrected chi connectivity index (χ1v) is 20.9. The molecular formula is C37H75NO6S. The van der Waals surface area contributed by atoms with Crippen molar-refractivity contribution in [3.63, 3.8) is 0 Å². The zero-order valence-corrected chi connectivity index (χ0v) is 30.4. The average Bonchev–Trinajstić information content (AvgIpc) is 3.00. The molecule has 0 aromatic rings. The molecule has 0 spiro atoms. The largest absolute Gasteiger partial charge is 0.391 e. The molecule has 270 valence electrons. The van der Waals surface area contributed by atoms with Gasteiger partial charge in [0, 0.05) is 0 Å². The van der Waals surface area contributed by atoms with Gasteiger partial charge in [-0.3, -0.25) is 9.35 Å². The maximum atomic E-state index is 12.6. The van der Waals surface area contributed by atoms with E-state index < -0.39 is 40.0 Å². The summed E-state index contributed by atoms with van der Waals surface area (Å²) < 4.78 is 32.5. The summed E-state index contributed by atoms with van der Waals surface area (Å²) in [6.07, 6.45) is 32.6. The van der Waals surface area contributed by atoms with Gasteiger partial charge in [0.15, 0.2) is 0 Å². The van der Waals surface area contributed by atoms with Crippen LogP contribution in [0, 0.1) is 0 Å². The van der Waals surface area contributed by atoms with Gasteiger partial charge in [-0.15, -0.1) is 0 Å². The predicted molar refractivity (Wildman–Crippen MR) is 190 cm³/mol. The van der Waals surface area contributed by atoms with Gasteiger partial charge < -0.3 is 15.5 Å². The Morgan fingerprint density at radius 3 is 1.11 bits per heavy atom. The summed E-state index contributed by atoms with van der Waals surface area (Å²) in [6, 6.07) is -1.14. The third-order valence-corrected chi connectivity index (χ3v) is 9.95. The van der Waals surface area contributed by atoms with Crippen LogP contribution in [0.25, 0.3) is 0 Å². The van der Waals surface area contributed by atoms with Gasteiger partial charge in [-0.2, -0.15) is 8.42 Å². The van der Waals surface area contributed by atoms with Crippen molar-refractivity contribution in [2.45, 2.75) is 225 Å². The highest BCUT2D eigenvalue weighted by Crippen LogP contribution is 2.16. The number of nitrogens with one attached hydrogen (secondary N) is 1. The van der Waals surface area contributed by atoms with E-state index >= 15 is 0 Å². The minimum Gasteiger partial charge on any atom is -0.391 e. The van der Waals surface area contributed by atoms with E-state index in [9.17, 15) is 28.0 Å². The lowest BCUT2D eigenvalue weighted by molar-refractivity contribution is -0.131. The zero-order valence-electron chi connectivity index (χ0n) is 29.6. The second kappa shape index (κ2) is 31.9. The number of unbranched alkanes of at least 4 members (excludes halogenated alkanes) is 26. The normalized spacial score (nSPS) is 14.0. The van der Waals surface area contributed by atoms with Gasteiger partial charge in [0.25, 0.3) is 10.1 Å². The van der Waals surface area contributed by atoms with Crippen molar-refractivity contribution in [1.82, 2.24) is 5.32 Å². The van der Waals surface area contributed by atoms with Crippen LogP contribution in [0.1, 0.15) is 206 Å². The van der Waals surface area contributed by atoms with Crippen LogP contribution in [0.3, 0.4) is 0 Å². The molecule has 3 unspecified atom stereocenters. The van der Waals surface area contributed by atoms with Crippen LogP contribution in [0.5, 0.6) is 0 Å². The Bertz CT molecular complexity index is 747. The minimum atomic E-state index is -4.40. The van der Waals surface area contributed by atoms with Crippen LogP contribution in [0.15, 0.2) is 0 Å². The Morgan fingerprint density at radius 2 is 0.800 bits per heavy atom. The summed E-state index contributed by atoms with van der Waals surface area (Å²) in [6.45, 7) is 4.50. The topological polar surface area (TPSA) is 124 Å². The van der Waals surface area contributed by atoms with Crippen molar-refractivity contribution in [2.75, 3.05) is 5.75 Å². The highest BCUT2D eigenvalue weighted by molar-refractivity contribution is 7.85. The van der Waals surface area contributed by atoms with Gasteiger partial charge in [-0.25, -0.2) is 0 Å². The monoisotopic (exact) mass is 662 g/mol. The predicted octanol–water partition coefficient (Wildman–Crippen LogP) is 9.82. The Kier molecular flexibility index (Phi) is 31.4. The van der Waals surface area contributed by atoms with E-state index in [0.29, 0.717) is 12.8 Å². The molecule has 0 saturated heterocycles. The van der Waals surface area contributed by atoms with Crippen molar-refractivity contribution in [1.29, 1.82) is 0 Å². The standard InChI is InChI=1S/C37H75NO6S/c1-3-5-7-9-11-13-15-17-18-20-21-23-25-27-29-31-35(39)34(33-45(42,43)44)38-37(41)36(40)32-30-28-26-24-22-19-16-14-12-10-8-6-4-2/h34-36,39-40H,3-33H2,1-2H3,(H,38,41)(H,42,43,44). The smallest absolute Gasteiger partial charge is 0.266 e. The molecule has 0 aliphatic heterocycles. The van der Waals surface area contributed by atoms with E-state index in [1.807, 2.05) is 0 Å². The second-order valence-electron chi connectivity index (χ2n) is 13.7. The van der Waals surface area contributed by atoms with E-state index in [1.54, 1.807) is 0 Å². The lowest BCUT2D eigenvalue weighted by atomic mass is 10.0. The van der Waals surface area contributed by atoms with Crippen LogP contribution < -0.4 is 5.32 Å². The zero-order chi connectivity index (χ0) is 33.4. The lowest BCUT2D eigenvalue weighted by Gasteiger charge is -2.24. The first-order chi connectivity index (χ1) is 21.7. The average molecular weight is 662 g/mol. The summed E-state index contributed by atoms with van der Waals surface area (Å²) in [7, 11) is -4.40. The summed E-state index contributed by atoms with van der Waals surface area (Å²) in [5.74, 6) is -1.44. The Labute approximate surface area is 279 Å². The number of hydrogen-bond acceptors (Lipinski definition) is 5. The second-order valence-corrected chi connectivity index (χ2v) is 15.2. The van der Waals surface area contributed by atoms with Crippen LogP contribution in [-0.2, 0) is 14.9 Å². The summed E-state index contributed by atoms with van der Waals surface area (Å²) in [5, 5.41) is 23.5. The summed E-state index contributed by atoms with van der Waals surface area (Å²) in [5.41, 5.74) is 0. The van der Waals surface area contributed by atoms with Gasteiger partial charge in [0.2, 0.25) is 5.91 Å². The van der Waals surface area contributed by atoms with E-state index in [-0.39, 0.29) is 0 Å². The summed E-state index contributed by atoms with van der Waals surface area (Å²) in [4.78, 5) is 12.6. The molecule has 0 aliphatic carbocycles. The maximum Gasteiger partial charge on any atom is 0.266 e. The molecule has 0 heterocycles. The molecule has 0 bridgehead atoms. The van der Waals surface area contributed by atoms with Gasteiger partial charge >= 0.3 is 0 Å². The Hall–Kier alpha value is -0.700. The fourth-order valence-electron chi connectivity index (χ4n) is 6.17. The van der Waals surface area contributed by atoms with E-state index in [2.05, 4.69) is 19.2 Å². The van der Waals surface area contributed by atoms with Crippen molar-refractivity contribution in [2.24, 2.45) is 0 Å². The van der Waals surface area contributed by atoms with E-state index in [1.165, 1.54) is 135 Å². The SMILES string of the molecule is CCCCCCCCCCCCCCCCCC(O)C(CS(=O)(=O)O)NC(=O)C(O)CCCCCCCCCCCCCCC. The van der Waals surface area contributed by atoms with Crippen LogP contribution in [0.4, 0.5) is 0 Å². The van der Waals surface area contributed by atoms with E-state index in [0.717, 1.165) is 44.9 Å². The molecule has 0 radical (unpaired) electrons. The fraction of sp³-hybridized carbons (Fsp3) is 0.973. The molecule has 4 N–H and O–H groups in total. The molecule has 3 atom stereocenters. The van der Waals surface area contributed by atoms with Crippen molar-refractivity contribution in [3.05, 3.63) is 0 Å². The molecule has 1 amide bonds. The molecular weight excluding hydrogens is 586 g/mol. The van der Waals surface area contributed by atoms with Crippen molar-refractivity contribution >= 4 is 16.0 Å². The molecule has 0 aliphatic rings. The number of carbonyl (C=O) groups excluding carboxylic acids is 1. The van der Waals surface area contributed by atoms with E-state index in [4.69, 9.17) is 0 Å². The number of amides is 1. The highest BCUT2D eigenvalue weighted by atomic mass is 32.2. The molecule has 0 rings (SSSR count). The first-order valence-electron chi connectivity index (χ1n) is 19.3. The van der Waals surface area contributed by atoms with Crippen molar-refractivity contribution in [3.8, 4) is 0 Å². The molecule has 7 nitrogen and oxygen atoms in total. The molecule has 0 aromatic heterocycles. The summed E-state index contributed by atoms with van der Waals surface area (Å²) >= 11 is 0. The first kappa shape index (κ1) is 44.3. The maximum absolute atomic E-state index is 12.6. The lowest BCUT2D eigenvalue weighted by Crippen LogP contribution is -2.50. The molecule has 0 fully saturated rings. The fourth-order valence-corrected chi connectivity index (χ4v) is 6.93. The quantitative estimate of drug-likeness (QED) is 0.0396. The Balaban J connectivity index is 4.00. The van der Waals surface area contributed by atoms with Crippen LogP contribution in [0.2, 0.25) is 0 Å². The molecule has 0 saturated carbocycles. The number of rotatable bonds is 35. The third-order valence-electron chi connectivity index (χ3n) is 9.17. The van der Waals surface area contributed by atoms with Crippen LogP contribution in [-0.4, -0.2) is 53.1 Å². The van der Waals surface area contributed by atoms with Gasteiger partial charge in [0.1, 0.15) is 6.10 Å². The molecule has 45 heavy (non-hydrogen) atoms. The highest BCUT2D eigenvalue weighted by Gasteiger charge is 2.28. The number of carbonyl (C=O) groups is 1. The Morgan fingerprint density at radius 1 is 0.511 bits per heavy atom. The van der Waals surface area contributed by atoms with Gasteiger partial charge in [-0.1, -0.05) is 194 Å². The van der Waals surface area contributed by atoms with Gasteiger partial charge in [-0.05, 0) is 12.8 Å². The molecule has 0 aromatic carbocycles. The number of aliphatic hydroxyl groups is 2. The van der Waals surface area contributed by atoms with Crippen LogP contribution >= 0.6 is 0 Å². The molecule has 8 heteroatoms. The number of aliphatic hydroxyl groups excluding tert-OH is 2.